The lowest BCUT2D eigenvalue weighted by Crippen LogP contribution is -2.09. The van der Waals surface area contributed by atoms with Crippen LogP contribution in [0, 0.1) is 0 Å². The molecule has 1 aromatic rings. The molecular formula is C11H9BrF2O3. The molecule has 0 fully saturated rings. The summed E-state index contributed by atoms with van der Waals surface area (Å²) in [6.07, 6.45) is -2.71. The second kappa shape index (κ2) is 5.35. The fourth-order valence-electron chi connectivity index (χ4n) is 1.34. The Balaban J connectivity index is 3.35. The maximum atomic E-state index is 12.5. The fourth-order valence-corrected chi connectivity index (χ4v) is 1.72. The van der Waals surface area contributed by atoms with Crippen LogP contribution in [0.15, 0.2) is 18.2 Å². The Morgan fingerprint density at radius 3 is 2.35 bits per heavy atom. The van der Waals surface area contributed by atoms with Crippen LogP contribution in [0.4, 0.5) is 8.78 Å². The van der Waals surface area contributed by atoms with Crippen LogP contribution in [0.2, 0.25) is 0 Å². The summed E-state index contributed by atoms with van der Waals surface area (Å²) in [5, 5.41) is 8.91. The summed E-state index contributed by atoms with van der Waals surface area (Å²) in [5.74, 6) is -1.61. The molecule has 0 bridgehead atoms. The standard InChI is InChI=1S/C11H9BrF2O3/c1-5(15)9(12)8-4-6(10(13)14)2-3-7(8)11(16)17/h2-4,9-10H,1H3,(H,16,17). The first-order valence-electron chi connectivity index (χ1n) is 4.64. The van der Waals surface area contributed by atoms with Crippen LogP contribution in [0.25, 0.3) is 0 Å². The minimum atomic E-state index is -2.71. The van der Waals surface area contributed by atoms with Gasteiger partial charge in [0, 0.05) is 5.56 Å². The average molecular weight is 307 g/mol. The highest BCUT2D eigenvalue weighted by Crippen LogP contribution is 2.30. The maximum Gasteiger partial charge on any atom is 0.336 e. The molecule has 0 aromatic heterocycles. The van der Waals surface area contributed by atoms with Crippen molar-refractivity contribution >= 4 is 27.7 Å². The molecule has 0 aliphatic rings. The quantitative estimate of drug-likeness (QED) is 0.868. The molecule has 0 amide bonds. The largest absolute Gasteiger partial charge is 0.478 e. The van der Waals surface area contributed by atoms with Gasteiger partial charge >= 0.3 is 5.97 Å². The number of aromatic carboxylic acids is 1. The molecule has 0 aliphatic heterocycles. The van der Waals surface area contributed by atoms with E-state index in [0.717, 1.165) is 18.2 Å². The van der Waals surface area contributed by atoms with Gasteiger partial charge in [-0.05, 0) is 24.6 Å². The summed E-state index contributed by atoms with van der Waals surface area (Å²) < 4.78 is 25.0. The molecule has 0 aliphatic carbocycles. The van der Waals surface area contributed by atoms with E-state index in [0.29, 0.717) is 0 Å². The lowest BCUT2D eigenvalue weighted by atomic mass is 10.00. The molecule has 3 nitrogen and oxygen atoms in total. The van der Waals surface area contributed by atoms with Gasteiger partial charge in [0.25, 0.3) is 6.43 Å². The summed E-state index contributed by atoms with van der Waals surface area (Å²) in [6, 6.07) is 3.16. The minimum absolute atomic E-state index is 0.0443. The van der Waals surface area contributed by atoms with Crippen LogP contribution in [0.5, 0.6) is 0 Å². The van der Waals surface area contributed by atoms with Crippen molar-refractivity contribution in [2.45, 2.75) is 18.2 Å². The third kappa shape index (κ3) is 3.09. The number of hydrogen-bond acceptors (Lipinski definition) is 2. The van der Waals surface area contributed by atoms with Gasteiger partial charge in [-0.2, -0.15) is 0 Å². The van der Waals surface area contributed by atoms with Gasteiger partial charge in [0.05, 0.1) is 10.4 Å². The van der Waals surface area contributed by atoms with Gasteiger partial charge < -0.3 is 5.11 Å². The number of rotatable bonds is 4. The minimum Gasteiger partial charge on any atom is -0.478 e. The van der Waals surface area contributed by atoms with E-state index in [1.165, 1.54) is 6.92 Å². The lowest BCUT2D eigenvalue weighted by molar-refractivity contribution is -0.116. The van der Waals surface area contributed by atoms with E-state index in [2.05, 4.69) is 15.9 Å². The Kier molecular flexibility index (Phi) is 4.34. The van der Waals surface area contributed by atoms with E-state index >= 15 is 0 Å². The number of ketones is 1. The summed E-state index contributed by atoms with van der Waals surface area (Å²) in [6.45, 7) is 1.25. The Hall–Kier alpha value is -1.30. The number of carboxylic acids is 1. The first-order chi connectivity index (χ1) is 7.84. The molecule has 0 spiro atoms. The number of hydrogen-bond donors (Lipinski definition) is 1. The third-order valence-electron chi connectivity index (χ3n) is 2.19. The number of alkyl halides is 3. The molecule has 1 N–H and O–H groups in total. The number of carbonyl (C=O) groups is 2. The number of Topliss-reactive ketones (excluding diaryl/α,β-unsaturated/α-hetero) is 1. The predicted octanol–water partition coefficient (Wildman–Crippen LogP) is 3.35. The molecule has 0 radical (unpaired) electrons. The topological polar surface area (TPSA) is 54.4 Å². The Morgan fingerprint density at radius 1 is 1.35 bits per heavy atom. The first kappa shape index (κ1) is 13.8. The van der Waals surface area contributed by atoms with Crippen molar-refractivity contribution in [3.05, 3.63) is 34.9 Å². The SMILES string of the molecule is CC(=O)C(Br)c1cc(C(F)F)ccc1C(=O)O. The van der Waals surface area contributed by atoms with Crippen LogP contribution < -0.4 is 0 Å². The normalized spacial score (nSPS) is 12.5. The van der Waals surface area contributed by atoms with Crippen LogP contribution in [-0.2, 0) is 4.79 Å². The summed E-state index contributed by atoms with van der Waals surface area (Å²) >= 11 is 2.99. The molecule has 0 saturated carbocycles. The smallest absolute Gasteiger partial charge is 0.336 e. The van der Waals surface area contributed by atoms with E-state index in [1.54, 1.807) is 0 Å². The number of halogens is 3. The lowest BCUT2D eigenvalue weighted by Gasteiger charge is -2.12. The average Bonchev–Trinajstić information content (AvgIpc) is 2.26. The van der Waals surface area contributed by atoms with Crippen LogP contribution in [-0.4, -0.2) is 16.9 Å². The third-order valence-corrected chi connectivity index (χ3v) is 3.33. The van der Waals surface area contributed by atoms with E-state index < -0.39 is 17.2 Å². The first-order valence-corrected chi connectivity index (χ1v) is 5.56. The van der Waals surface area contributed by atoms with Gasteiger partial charge in [-0.3, -0.25) is 4.79 Å². The van der Waals surface area contributed by atoms with E-state index in [9.17, 15) is 18.4 Å². The Morgan fingerprint density at radius 2 is 1.94 bits per heavy atom. The molecule has 92 valence electrons. The van der Waals surface area contributed by atoms with Gasteiger partial charge in [0.1, 0.15) is 5.78 Å². The van der Waals surface area contributed by atoms with Crippen molar-refractivity contribution in [2.24, 2.45) is 0 Å². The monoisotopic (exact) mass is 306 g/mol. The zero-order chi connectivity index (χ0) is 13.2. The van der Waals surface area contributed by atoms with Crippen molar-refractivity contribution in [1.29, 1.82) is 0 Å². The van der Waals surface area contributed by atoms with Gasteiger partial charge in [-0.25, -0.2) is 13.6 Å². The molecule has 17 heavy (non-hydrogen) atoms. The van der Waals surface area contributed by atoms with Gasteiger partial charge in [0.15, 0.2) is 0 Å². The highest BCUT2D eigenvalue weighted by atomic mass is 79.9. The summed E-state index contributed by atoms with van der Waals surface area (Å²) in [4.78, 5) is 21.2. The summed E-state index contributed by atoms with van der Waals surface area (Å²) in [7, 11) is 0. The molecule has 1 rings (SSSR count). The van der Waals surface area contributed by atoms with E-state index in [1.807, 2.05) is 0 Å². The van der Waals surface area contributed by atoms with Crippen LogP contribution in [0.3, 0.4) is 0 Å². The molecule has 0 heterocycles. The second-order valence-corrected chi connectivity index (χ2v) is 4.34. The molecule has 1 unspecified atom stereocenters. The van der Waals surface area contributed by atoms with Crippen molar-refractivity contribution in [2.75, 3.05) is 0 Å². The van der Waals surface area contributed by atoms with Gasteiger partial charge in [-0.15, -0.1) is 0 Å². The van der Waals surface area contributed by atoms with E-state index in [-0.39, 0.29) is 22.5 Å². The molecular weight excluding hydrogens is 298 g/mol. The van der Waals surface area contributed by atoms with Crippen molar-refractivity contribution in [3.63, 3.8) is 0 Å². The van der Waals surface area contributed by atoms with Gasteiger partial charge in [-0.1, -0.05) is 22.0 Å². The zero-order valence-corrected chi connectivity index (χ0v) is 10.4. The number of carbonyl (C=O) groups excluding carboxylic acids is 1. The highest BCUT2D eigenvalue weighted by molar-refractivity contribution is 9.09. The van der Waals surface area contributed by atoms with Crippen molar-refractivity contribution < 1.29 is 23.5 Å². The molecule has 6 heteroatoms. The number of carboxylic acid groups (broad SMARTS) is 1. The number of benzene rings is 1. The Labute approximate surface area is 105 Å². The van der Waals surface area contributed by atoms with Crippen molar-refractivity contribution in [1.82, 2.24) is 0 Å². The van der Waals surface area contributed by atoms with Crippen molar-refractivity contribution in [3.8, 4) is 0 Å². The molecule has 1 atom stereocenters. The fraction of sp³-hybridized carbons (Fsp3) is 0.273. The van der Waals surface area contributed by atoms with Crippen LogP contribution >= 0.6 is 15.9 Å². The summed E-state index contributed by atoms with van der Waals surface area (Å²) in [5.41, 5.74) is -0.426. The molecule has 0 saturated heterocycles. The van der Waals surface area contributed by atoms with Crippen LogP contribution in [0.1, 0.15) is 39.7 Å². The zero-order valence-electron chi connectivity index (χ0n) is 8.78. The van der Waals surface area contributed by atoms with E-state index in [4.69, 9.17) is 5.11 Å². The Bertz CT molecular complexity index is 460. The van der Waals surface area contributed by atoms with Gasteiger partial charge in [0.2, 0.25) is 0 Å². The second-order valence-electron chi connectivity index (χ2n) is 3.43. The predicted molar refractivity (Wildman–Crippen MR) is 60.7 cm³/mol. The maximum absolute atomic E-state index is 12.5. The molecule has 1 aromatic carbocycles. The highest BCUT2D eigenvalue weighted by Gasteiger charge is 2.22.